The average Bonchev–Trinajstić information content (AvgIpc) is 3.39. The maximum atomic E-state index is 12.8. The number of nitrogens with one attached hydrogen (secondary N) is 1. The molecule has 2 aromatic heterocycles. The lowest BCUT2D eigenvalue weighted by Gasteiger charge is -2.17. The first kappa shape index (κ1) is 23.2. The fourth-order valence-electron chi connectivity index (χ4n) is 4.36. The van der Waals surface area contributed by atoms with Gasteiger partial charge in [-0.25, -0.2) is 13.1 Å². The molecular weight excluding hydrogens is 440 g/mol. The number of benzene rings is 1. The number of aryl methyl sites for hydroxylation is 2. The maximum absolute atomic E-state index is 12.8. The third-order valence-corrected chi connectivity index (χ3v) is 7.72. The van der Waals surface area contributed by atoms with Crippen molar-refractivity contribution < 1.29 is 13.2 Å². The molecule has 1 aliphatic rings. The standard InChI is InChI=1S/C23H30N6O3S/c1-16-12-22(29(25-16)19-8-6-5-7-9-19)24-23(30)14-27(4)13-21-17(2)26-28(18(21)3)20-10-11-33(31,32)15-20/h5-9,12,20H,10-11,13-15H2,1-4H3,(H,24,30). The minimum atomic E-state index is -2.99. The number of aromatic nitrogens is 4. The summed E-state index contributed by atoms with van der Waals surface area (Å²) in [6, 6.07) is 11.4. The Morgan fingerprint density at radius 2 is 1.91 bits per heavy atom. The van der Waals surface area contributed by atoms with Crippen LogP contribution < -0.4 is 5.32 Å². The van der Waals surface area contributed by atoms with Crippen molar-refractivity contribution in [2.24, 2.45) is 0 Å². The molecule has 0 saturated carbocycles. The van der Waals surface area contributed by atoms with Crippen LogP contribution >= 0.6 is 0 Å². The van der Waals surface area contributed by atoms with E-state index < -0.39 is 9.84 Å². The van der Waals surface area contributed by atoms with E-state index >= 15 is 0 Å². The molecule has 1 unspecified atom stereocenters. The molecule has 3 aromatic rings. The van der Waals surface area contributed by atoms with Crippen molar-refractivity contribution in [3.63, 3.8) is 0 Å². The zero-order valence-electron chi connectivity index (χ0n) is 19.4. The highest BCUT2D eigenvalue weighted by Crippen LogP contribution is 2.27. The van der Waals surface area contributed by atoms with Gasteiger partial charge in [0.2, 0.25) is 5.91 Å². The maximum Gasteiger partial charge on any atom is 0.239 e. The Balaban J connectivity index is 1.42. The molecule has 1 atom stereocenters. The van der Waals surface area contributed by atoms with Gasteiger partial charge in [-0.2, -0.15) is 10.2 Å². The second-order valence-corrected chi connectivity index (χ2v) is 11.0. The fraction of sp³-hybridized carbons (Fsp3) is 0.435. The van der Waals surface area contributed by atoms with Crippen molar-refractivity contribution in [1.29, 1.82) is 0 Å². The molecule has 0 radical (unpaired) electrons. The van der Waals surface area contributed by atoms with Crippen LogP contribution in [0.15, 0.2) is 36.4 Å². The summed E-state index contributed by atoms with van der Waals surface area (Å²) in [6.07, 6.45) is 0.594. The van der Waals surface area contributed by atoms with Crippen LogP contribution in [-0.4, -0.2) is 63.9 Å². The summed E-state index contributed by atoms with van der Waals surface area (Å²) in [6.45, 7) is 6.52. The highest BCUT2D eigenvalue weighted by molar-refractivity contribution is 7.91. The number of anilines is 1. The van der Waals surface area contributed by atoms with Crippen LogP contribution in [0.4, 0.5) is 5.82 Å². The van der Waals surface area contributed by atoms with Gasteiger partial charge >= 0.3 is 0 Å². The summed E-state index contributed by atoms with van der Waals surface area (Å²) < 4.78 is 27.3. The molecular formula is C23H30N6O3S. The lowest BCUT2D eigenvalue weighted by molar-refractivity contribution is -0.117. The third-order valence-electron chi connectivity index (χ3n) is 5.97. The molecule has 0 aliphatic carbocycles. The van der Waals surface area contributed by atoms with Crippen molar-refractivity contribution in [3.05, 3.63) is 59.0 Å². The Morgan fingerprint density at radius 1 is 1.18 bits per heavy atom. The lowest BCUT2D eigenvalue weighted by atomic mass is 10.1. The van der Waals surface area contributed by atoms with E-state index in [1.54, 1.807) is 4.68 Å². The van der Waals surface area contributed by atoms with Gasteiger partial charge in [-0.1, -0.05) is 18.2 Å². The second-order valence-electron chi connectivity index (χ2n) is 8.79. The van der Waals surface area contributed by atoms with Gasteiger partial charge in [0.05, 0.1) is 41.2 Å². The zero-order valence-corrected chi connectivity index (χ0v) is 20.3. The van der Waals surface area contributed by atoms with E-state index in [9.17, 15) is 13.2 Å². The van der Waals surface area contributed by atoms with Crippen LogP contribution in [-0.2, 0) is 21.2 Å². The van der Waals surface area contributed by atoms with E-state index in [-0.39, 0.29) is 30.0 Å². The Bertz CT molecular complexity index is 1260. The molecule has 1 saturated heterocycles. The van der Waals surface area contributed by atoms with Crippen molar-refractivity contribution >= 4 is 21.6 Å². The third kappa shape index (κ3) is 5.17. The largest absolute Gasteiger partial charge is 0.309 e. The second kappa shape index (κ2) is 9.11. The van der Waals surface area contributed by atoms with Crippen LogP contribution in [0.2, 0.25) is 0 Å². The van der Waals surface area contributed by atoms with Crippen LogP contribution in [0, 0.1) is 20.8 Å². The van der Waals surface area contributed by atoms with Gasteiger partial charge in [0, 0.05) is 23.9 Å². The number of sulfone groups is 1. The van der Waals surface area contributed by atoms with Gasteiger partial charge in [0.25, 0.3) is 0 Å². The molecule has 176 valence electrons. The molecule has 33 heavy (non-hydrogen) atoms. The number of amides is 1. The number of para-hydroxylation sites is 1. The zero-order chi connectivity index (χ0) is 23.8. The predicted octanol–water partition coefficient (Wildman–Crippen LogP) is 2.42. The molecule has 10 heteroatoms. The number of nitrogens with zero attached hydrogens (tertiary/aromatic N) is 5. The fourth-order valence-corrected chi connectivity index (χ4v) is 6.05. The summed E-state index contributed by atoms with van der Waals surface area (Å²) >= 11 is 0. The van der Waals surface area contributed by atoms with Crippen LogP contribution in [0.5, 0.6) is 0 Å². The van der Waals surface area contributed by atoms with Gasteiger partial charge in [-0.15, -0.1) is 0 Å². The van der Waals surface area contributed by atoms with E-state index in [0.29, 0.717) is 18.8 Å². The number of carbonyl (C=O) groups is 1. The van der Waals surface area contributed by atoms with Crippen LogP contribution in [0.3, 0.4) is 0 Å². The SMILES string of the molecule is Cc1cc(NC(=O)CN(C)Cc2c(C)nn(C3CCS(=O)(=O)C3)c2C)n(-c2ccccc2)n1. The van der Waals surface area contributed by atoms with Crippen molar-refractivity contribution in [2.45, 2.75) is 39.8 Å². The van der Waals surface area contributed by atoms with E-state index in [2.05, 4.69) is 15.5 Å². The predicted molar refractivity (Wildman–Crippen MR) is 127 cm³/mol. The monoisotopic (exact) mass is 470 g/mol. The molecule has 1 aliphatic heterocycles. The first-order chi connectivity index (χ1) is 15.6. The van der Waals surface area contributed by atoms with Crippen molar-refractivity contribution in [1.82, 2.24) is 24.5 Å². The molecule has 9 nitrogen and oxygen atoms in total. The minimum absolute atomic E-state index is 0.113. The van der Waals surface area contributed by atoms with E-state index in [1.807, 2.05) is 73.8 Å². The van der Waals surface area contributed by atoms with Gasteiger partial charge in [-0.05, 0) is 46.4 Å². The molecule has 4 rings (SSSR count). The molecule has 1 N–H and O–H groups in total. The number of rotatable bonds is 7. The summed E-state index contributed by atoms with van der Waals surface area (Å²) in [5.41, 5.74) is 4.54. The molecule has 0 spiro atoms. The number of carbonyl (C=O) groups excluding carboxylic acids is 1. The molecule has 1 fully saturated rings. The molecule has 1 amide bonds. The number of hydrogen-bond acceptors (Lipinski definition) is 6. The van der Waals surface area contributed by atoms with Gasteiger partial charge in [-0.3, -0.25) is 14.4 Å². The molecule has 0 bridgehead atoms. The van der Waals surface area contributed by atoms with Crippen molar-refractivity contribution in [3.8, 4) is 5.69 Å². The molecule has 3 heterocycles. The smallest absolute Gasteiger partial charge is 0.239 e. The van der Waals surface area contributed by atoms with E-state index in [4.69, 9.17) is 0 Å². The lowest BCUT2D eigenvalue weighted by Crippen LogP contribution is -2.30. The Hall–Kier alpha value is -2.98. The van der Waals surface area contributed by atoms with Gasteiger partial charge < -0.3 is 5.32 Å². The highest BCUT2D eigenvalue weighted by atomic mass is 32.2. The first-order valence-electron chi connectivity index (χ1n) is 11.0. The molecule has 1 aromatic carbocycles. The average molecular weight is 471 g/mol. The quantitative estimate of drug-likeness (QED) is 0.569. The minimum Gasteiger partial charge on any atom is -0.309 e. The Labute approximate surface area is 194 Å². The van der Waals surface area contributed by atoms with E-state index in [1.165, 1.54) is 0 Å². The first-order valence-corrected chi connectivity index (χ1v) is 12.8. The summed E-state index contributed by atoms with van der Waals surface area (Å²) in [7, 11) is -1.10. The van der Waals surface area contributed by atoms with E-state index in [0.717, 1.165) is 28.3 Å². The normalized spacial score (nSPS) is 17.5. The highest BCUT2D eigenvalue weighted by Gasteiger charge is 2.31. The Kier molecular flexibility index (Phi) is 6.40. The van der Waals surface area contributed by atoms with Gasteiger partial charge in [0.15, 0.2) is 9.84 Å². The summed E-state index contributed by atoms with van der Waals surface area (Å²) in [4.78, 5) is 14.7. The number of likely N-dealkylation sites (N-methyl/N-ethyl adjacent to an activating group) is 1. The summed E-state index contributed by atoms with van der Waals surface area (Å²) in [5, 5.41) is 12.1. The summed E-state index contributed by atoms with van der Waals surface area (Å²) in [5.74, 6) is 0.838. The Morgan fingerprint density at radius 3 is 2.58 bits per heavy atom. The van der Waals surface area contributed by atoms with Crippen LogP contribution in [0.1, 0.15) is 35.1 Å². The topological polar surface area (TPSA) is 102 Å². The number of hydrogen-bond donors (Lipinski definition) is 1. The van der Waals surface area contributed by atoms with Crippen molar-refractivity contribution in [2.75, 3.05) is 30.4 Å². The van der Waals surface area contributed by atoms with Crippen LogP contribution in [0.25, 0.3) is 5.69 Å². The van der Waals surface area contributed by atoms with Gasteiger partial charge in [0.1, 0.15) is 5.82 Å².